The van der Waals surface area contributed by atoms with Gasteiger partial charge in [0, 0.05) is 32.7 Å². The van der Waals surface area contributed by atoms with E-state index in [1.807, 2.05) is 23.1 Å². The number of oxime groups is 1. The van der Waals surface area contributed by atoms with Crippen LogP contribution in [0.4, 0.5) is 4.39 Å². The van der Waals surface area contributed by atoms with Gasteiger partial charge in [0.05, 0.1) is 6.21 Å². The lowest BCUT2D eigenvalue weighted by atomic mass is 10.2. The van der Waals surface area contributed by atoms with Gasteiger partial charge in [-0.25, -0.2) is 4.39 Å². The molecule has 5 nitrogen and oxygen atoms in total. The third kappa shape index (κ3) is 5.62. The number of amides is 1. The van der Waals surface area contributed by atoms with Gasteiger partial charge in [0.15, 0.2) is 0 Å². The molecule has 2 aromatic rings. The molecule has 1 atom stereocenters. The Hall–Kier alpha value is -2.73. The highest BCUT2D eigenvalue weighted by Gasteiger charge is 2.26. The van der Waals surface area contributed by atoms with E-state index in [2.05, 4.69) is 22.2 Å². The average molecular weight is 369 g/mol. The number of benzene rings is 2. The van der Waals surface area contributed by atoms with Crippen molar-refractivity contribution in [1.29, 1.82) is 0 Å². The third-order valence-corrected chi connectivity index (χ3v) is 4.55. The lowest BCUT2D eigenvalue weighted by Gasteiger charge is -2.35. The van der Waals surface area contributed by atoms with Crippen LogP contribution in [-0.4, -0.2) is 54.2 Å². The van der Waals surface area contributed by atoms with Crippen LogP contribution in [0.1, 0.15) is 18.1 Å². The van der Waals surface area contributed by atoms with E-state index in [0.29, 0.717) is 18.7 Å². The molecule has 1 fully saturated rings. The van der Waals surface area contributed by atoms with Gasteiger partial charge in [-0.1, -0.05) is 47.6 Å². The standard InChI is InChI=1S/C21H24FN3O2/c1-17(27-23-15-19-8-5-9-20(22)14-19)21(26)25-12-10-24(11-13-25)16-18-6-3-2-4-7-18/h2-9,14-15,17H,10-13,16H2,1H3/b23-15-/t17-/m1/s1. The number of piperazine rings is 1. The first-order chi connectivity index (χ1) is 13.1. The molecule has 27 heavy (non-hydrogen) atoms. The van der Waals surface area contributed by atoms with Gasteiger partial charge in [-0.05, 0) is 30.2 Å². The van der Waals surface area contributed by atoms with Crippen molar-refractivity contribution in [2.45, 2.75) is 19.6 Å². The fourth-order valence-electron chi connectivity index (χ4n) is 3.04. The normalized spacial score (nSPS) is 16.4. The molecule has 6 heteroatoms. The Balaban J connectivity index is 1.44. The molecule has 1 amide bonds. The summed E-state index contributed by atoms with van der Waals surface area (Å²) in [5, 5.41) is 3.82. The number of carbonyl (C=O) groups is 1. The molecule has 0 spiro atoms. The summed E-state index contributed by atoms with van der Waals surface area (Å²) >= 11 is 0. The molecule has 3 rings (SSSR count). The fraction of sp³-hybridized carbons (Fsp3) is 0.333. The van der Waals surface area contributed by atoms with Crippen molar-refractivity contribution in [2.75, 3.05) is 26.2 Å². The Morgan fingerprint density at radius 3 is 2.59 bits per heavy atom. The number of hydrogen-bond acceptors (Lipinski definition) is 4. The molecule has 0 radical (unpaired) electrons. The minimum atomic E-state index is -0.671. The molecule has 0 aromatic heterocycles. The maximum absolute atomic E-state index is 13.1. The van der Waals surface area contributed by atoms with Crippen LogP contribution < -0.4 is 0 Å². The summed E-state index contributed by atoms with van der Waals surface area (Å²) in [6, 6.07) is 16.4. The zero-order valence-corrected chi connectivity index (χ0v) is 15.4. The van der Waals surface area contributed by atoms with Crippen molar-refractivity contribution >= 4 is 12.1 Å². The zero-order valence-electron chi connectivity index (χ0n) is 15.4. The van der Waals surface area contributed by atoms with E-state index < -0.39 is 6.10 Å². The highest BCUT2D eigenvalue weighted by molar-refractivity contribution is 5.81. The molecule has 0 N–H and O–H groups in total. The largest absolute Gasteiger partial charge is 0.383 e. The Labute approximate surface area is 159 Å². The van der Waals surface area contributed by atoms with Gasteiger partial charge in [-0.3, -0.25) is 9.69 Å². The van der Waals surface area contributed by atoms with Crippen molar-refractivity contribution in [2.24, 2.45) is 5.16 Å². The van der Waals surface area contributed by atoms with Crippen molar-refractivity contribution in [3.8, 4) is 0 Å². The highest BCUT2D eigenvalue weighted by Crippen LogP contribution is 2.10. The molecule has 2 aromatic carbocycles. The minimum Gasteiger partial charge on any atom is -0.383 e. The molecule has 0 bridgehead atoms. The van der Waals surface area contributed by atoms with Crippen molar-refractivity contribution in [3.63, 3.8) is 0 Å². The van der Waals surface area contributed by atoms with E-state index in [-0.39, 0.29) is 11.7 Å². The number of rotatable bonds is 6. The summed E-state index contributed by atoms with van der Waals surface area (Å²) in [5.74, 6) is -0.415. The second kappa shape index (κ2) is 9.28. The molecule has 1 aliphatic heterocycles. The van der Waals surface area contributed by atoms with Crippen LogP contribution >= 0.6 is 0 Å². The maximum atomic E-state index is 13.1. The Morgan fingerprint density at radius 1 is 1.15 bits per heavy atom. The van der Waals surface area contributed by atoms with Crippen LogP contribution in [0, 0.1) is 5.82 Å². The highest BCUT2D eigenvalue weighted by atomic mass is 19.1. The van der Waals surface area contributed by atoms with E-state index in [1.54, 1.807) is 19.1 Å². The van der Waals surface area contributed by atoms with Crippen LogP contribution in [-0.2, 0) is 16.2 Å². The molecular weight excluding hydrogens is 345 g/mol. The molecular formula is C21H24FN3O2. The molecule has 0 aliphatic carbocycles. The van der Waals surface area contributed by atoms with Gasteiger partial charge in [0.2, 0.25) is 6.10 Å². The Morgan fingerprint density at radius 2 is 1.89 bits per heavy atom. The van der Waals surface area contributed by atoms with E-state index >= 15 is 0 Å². The van der Waals surface area contributed by atoms with Gasteiger partial charge in [0.25, 0.3) is 5.91 Å². The summed E-state index contributed by atoms with van der Waals surface area (Å²) in [6.07, 6.45) is 0.737. The zero-order chi connectivity index (χ0) is 19.1. The minimum absolute atomic E-state index is 0.0780. The van der Waals surface area contributed by atoms with Gasteiger partial charge < -0.3 is 9.74 Å². The quantitative estimate of drug-likeness (QED) is 0.581. The van der Waals surface area contributed by atoms with E-state index in [0.717, 1.165) is 19.6 Å². The van der Waals surface area contributed by atoms with Crippen molar-refractivity contribution in [1.82, 2.24) is 9.80 Å². The fourth-order valence-corrected chi connectivity index (χ4v) is 3.04. The van der Waals surface area contributed by atoms with Crippen molar-refractivity contribution in [3.05, 3.63) is 71.5 Å². The number of carbonyl (C=O) groups excluding carboxylic acids is 1. The topological polar surface area (TPSA) is 45.1 Å². The van der Waals surface area contributed by atoms with Crippen LogP contribution in [0.25, 0.3) is 0 Å². The molecule has 0 saturated carbocycles. The number of hydrogen-bond donors (Lipinski definition) is 0. The molecule has 1 saturated heterocycles. The van der Waals surface area contributed by atoms with Gasteiger partial charge in [-0.2, -0.15) is 0 Å². The lowest BCUT2D eigenvalue weighted by Crippen LogP contribution is -2.50. The SMILES string of the molecule is C[C@@H](O/N=C\c1cccc(F)c1)C(=O)N1CCN(Cc2ccccc2)CC1. The molecule has 1 heterocycles. The number of nitrogens with zero attached hydrogens (tertiary/aromatic N) is 3. The third-order valence-electron chi connectivity index (χ3n) is 4.55. The van der Waals surface area contributed by atoms with Crippen LogP contribution in [0.2, 0.25) is 0 Å². The first-order valence-corrected chi connectivity index (χ1v) is 9.11. The van der Waals surface area contributed by atoms with Crippen molar-refractivity contribution < 1.29 is 14.0 Å². The van der Waals surface area contributed by atoms with Gasteiger partial charge in [0.1, 0.15) is 5.82 Å². The van der Waals surface area contributed by atoms with Crippen LogP contribution in [0.15, 0.2) is 59.8 Å². The Kier molecular flexibility index (Phi) is 6.54. The first-order valence-electron chi connectivity index (χ1n) is 9.11. The second-order valence-corrected chi connectivity index (χ2v) is 6.62. The summed E-state index contributed by atoms with van der Waals surface area (Å²) in [4.78, 5) is 21.9. The smallest absolute Gasteiger partial charge is 0.266 e. The molecule has 1 aliphatic rings. The first kappa shape index (κ1) is 19.0. The molecule has 0 unspecified atom stereocenters. The summed E-state index contributed by atoms with van der Waals surface area (Å²) in [5.41, 5.74) is 1.87. The Bertz CT molecular complexity index is 774. The summed E-state index contributed by atoms with van der Waals surface area (Å²) in [6.45, 7) is 5.59. The van der Waals surface area contributed by atoms with Crippen LogP contribution in [0.3, 0.4) is 0 Å². The predicted octanol–water partition coefficient (Wildman–Crippen LogP) is 2.91. The predicted molar refractivity (Wildman–Crippen MR) is 103 cm³/mol. The lowest BCUT2D eigenvalue weighted by molar-refractivity contribution is -0.144. The van der Waals surface area contributed by atoms with E-state index in [9.17, 15) is 9.18 Å². The average Bonchev–Trinajstić information content (AvgIpc) is 2.69. The monoisotopic (exact) mass is 369 g/mol. The van der Waals surface area contributed by atoms with E-state index in [1.165, 1.54) is 23.9 Å². The molecule has 142 valence electrons. The van der Waals surface area contributed by atoms with Gasteiger partial charge >= 0.3 is 0 Å². The number of halogens is 1. The maximum Gasteiger partial charge on any atom is 0.266 e. The second-order valence-electron chi connectivity index (χ2n) is 6.62. The summed E-state index contributed by atoms with van der Waals surface area (Å²) < 4.78 is 13.1. The summed E-state index contributed by atoms with van der Waals surface area (Å²) in [7, 11) is 0. The van der Waals surface area contributed by atoms with E-state index in [4.69, 9.17) is 4.84 Å². The van der Waals surface area contributed by atoms with Crippen LogP contribution in [0.5, 0.6) is 0 Å². The van der Waals surface area contributed by atoms with Gasteiger partial charge in [-0.15, -0.1) is 0 Å².